The number of halogens is 1. The van der Waals surface area contributed by atoms with Crippen molar-refractivity contribution >= 4 is 22.9 Å². The van der Waals surface area contributed by atoms with Crippen LogP contribution in [0.3, 0.4) is 0 Å². The number of aromatic nitrogens is 1. The number of nitrogens with zero attached hydrogens (tertiary/aromatic N) is 2. The molecule has 90 valence electrons. The van der Waals surface area contributed by atoms with Crippen LogP contribution in [-0.2, 0) is 5.88 Å². The molecule has 0 radical (unpaired) electrons. The van der Waals surface area contributed by atoms with Crippen molar-refractivity contribution in [2.75, 3.05) is 13.1 Å². The second kappa shape index (κ2) is 5.48. The van der Waals surface area contributed by atoms with Crippen LogP contribution in [0.15, 0.2) is 5.38 Å². The van der Waals surface area contributed by atoms with Gasteiger partial charge in [-0.05, 0) is 25.8 Å². The highest BCUT2D eigenvalue weighted by molar-refractivity contribution is 7.09. The van der Waals surface area contributed by atoms with Gasteiger partial charge in [-0.15, -0.1) is 22.9 Å². The predicted octanol–water partition coefficient (Wildman–Crippen LogP) is 3.67. The molecular weight excluding hydrogens is 240 g/mol. The van der Waals surface area contributed by atoms with Crippen LogP contribution in [0.2, 0.25) is 0 Å². The fourth-order valence-corrected chi connectivity index (χ4v) is 3.42. The zero-order valence-corrected chi connectivity index (χ0v) is 11.5. The molecule has 2 rings (SSSR count). The lowest BCUT2D eigenvalue weighted by Gasteiger charge is -2.22. The van der Waals surface area contributed by atoms with Crippen LogP contribution in [-0.4, -0.2) is 23.0 Å². The minimum Gasteiger partial charge on any atom is -0.294 e. The van der Waals surface area contributed by atoms with Crippen molar-refractivity contribution in [1.82, 2.24) is 9.88 Å². The van der Waals surface area contributed by atoms with Gasteiger partial charge in [-0.3, -0.25) is 4.90 Å². The summed E-state index contributed by atoms with van der Waals surface area (Å²) < 4.78 is 0. The van der Waals surface area contributed by atoms with Gasteiger partial charge in [0.25, 0.3) is 0 Å². The van der Waals surface area contributed by atoms with E-state index < -0.39 is 0 Å². The second-order valence-corrected chi connectivity index (χ2v) is 5.70. The number of hydrogen-bond acceptors (Lipinski definition) is 3. The molecule has 0 N–H and O–H groups in total. The first-order valence-electron chi connectivity index (χ1n) is 5.99. The Kier molecular flexibility index (Phi) is 4.22. The summed E-state index contributed by atoms with van der Waals surface area (Å²) in [5.74, 6) is 1.41. The first kappa shape index (κ1) is 12.3. The molecule has 1 aromatic heterocycles. The van der Waals surface area contributed by atoms with Gasteiger partial charge in [0.1, 0.15) is 5.01 Å². The van der Waals surface area contributed by atoms with Gasteiger partial charge in [-0.2, -0.15) is 0 Å². The van der Waals surface area contributed by atoms with Gasteiger partial charge < -0.3 is 0 Å². The van der Waals surface area contributed by atoms with Gasteiger partial charge in [0.2, 0.25) is 0 Å². The van der Waals surface area contributed by atoms with Crippen LogP contribution in [0.25, 0.3) is 0 Å². The molecule has 1 aromatic rings. The minimum atomic E-state index is 0.457. The van der Waals surface area contributed by atoms with Crippen LogP contribution in [0, 0.1) is 5.92 Å². The molecule has 0 spiro atoms. The Morgan fingerprint density at radius 2 is 2.50 bits per heavy atom. The molecule has 2 atom stereocenters. The lowest BCUT2D eigenvalue weighted by Crippen LogP contribution is -2.24. The SMILES string of the molecule is CCC1CCN(C(C)c2nc(CCl)cs2)C1. The molecule has 1 fully saturated rings. The van der Waals surface area contributed by atoms with E-state index in [1.165, 1.54) is 30.9 Å². The molecule has 1 saturated heterocycles. The van der Waals surface area contributed by atoms with Gasteiger partial charge in [0.05, 0.1) is 17.6 Å². The van der Waals surface area contributed by atoms with Gasteiger partial charge in [-0.25, -0.2) is 4.98 Å². The average Bonchev–Trinajstić information content (AvgIpc) is 2.97. The normalized spacial score (nSPS) is 23.8. The maximum atomic E-state index is 5.78. The minimum absolute atomic E-state index is 0.457. The van der Waals surface area contributed by atoms with E-state index in [1.807, 2.05) is 0 Å². The summed E-state index contributed by atoms with van der Waals surface area (Å²) in [5.41, 5.74) is 1.01. The quantitative estimate of drug-likeness (QED) is 0.766. The van der Waals surface area contributed by atoms with Crippen molar-refractivity contribution in [2.24, 2.45) is 5.92 Å². The Hall–Kier alpha value is -0.120. The van der Waals surface area contributed by atoms with Gasteiger partial charge in [0, 0.05) is 11.9 Å². The molecule has 1 aliphatic heterocycles. The van der Waals surface area contributed by atoms with Gasteiger partial charge in [0.15, 0.2) is 0 Å². The van der Waals surface area contributed by atoms with Crippen LogP contribution < -0.4 is 0 Å². The summed E-state index contributed by atoms with van der Waals surface area (Å²) in [7, 11) is 0. The van der Waals surface area contributed by atoms with E-state index in [1.54, 1.807) is 11.3 Å². The van der Waals surface area contributed by atoms with Crippen LogP contribution >= 0.6 is 22.9 Å². The first-order chi connectivity index (χ1) is 7.74. The zero-order valence-electron chi connectivity index (χ0n) is 9.95. The summed E-state index contributed by atoms with van der Waals surface area (Å²) in [4.78, 5) is 7.12. The number of alkyl halides is 1. The summed E-state index contributed by atoms with van der Waals surface area (Å²) in [6.45, 7) is 6.99. The first-order valence-corrected chi connectivity index (χ1v) is 7.40. The van der Waals surface area contributed by atoms with Crippen molar-refractivity contribution < 1.29 is 0 Å². The third-order valence-electron chi connectivity index (χ3n) is 3.51. The predicted molar refractivity (Wildman–Crippen MR) is 70.1 cm³/mol. The summed E-state index contributed by atoms with van der Waals surface area (Å²) >= 11 is 7.52. The standard InChI is InChI=1S/C12H19ClN2S/c1-3-10-4-5-15(7-10)9(2)12-14-11(6-13)8-16-12/h8-10H,3-7H2,1-2H3. The van der Waals surface area contributed by atoms with E-state index in [0.717, 1.165) is 11.6 Å². The molecule has 0 aromatic carbocycles. The molecule has 2 nitrogen and oxygen atoms in total. The highest BCUT2D eigenvalue weighted by Crippen LogP contribution is 2.30. The summed E-state index contributed by atoms with van der Waals surface area (Å²) in [6.07, 6.45) is 2.64. The third kappa shape index (κ3) is 2.58. The van der Waals surface area contributed by atoms with E-state index in [2.05, 4.69) is 29.1 Å². The number of rotatable bonds is 4. The fraction of sp³-hybridized carbons (Fsp3) is 0.750. The highest BCUT2D eigenvalue weighted by atomic mass is 35.5. The molecule has 4 heteroatoms. The van der Waals surface area contributed by atoms with Crippen molar-refractivity contribution in [2.45, 2.75) is 38.6 Å². The third-order valence-corrected chi connectivity index (χ3v) is 4.84. The van der Waals surface area contributed by atoms with E-state index in [-0.39, 0.29) is 0 Å². The van der Waals surface area contributed by atoms with E-state index in [0.29, 0.717) is 11.9 Å². The Labute approximate surface area is 107 Å². The molecule has 0 amide bonds. The Bertz CT molecular complexity index is 340. The lowest BCUT2D eigenvalue weighted by molar-refractivity contribution is 0.251. The molecular formula is C12H19ClN2S. The zero-order chi connectivity index (χ0) is 11.5. The second-order valence-electron chi connectivity index (χ2n) is 4.54. The Morgan fingerprint density at radius 3 is 3.06 bits per heavy atom. The van der Waals surface area contributed by atoms with Crippen molar-refractivity contribution in [3.05, 3.63) is 16.1 Å². The largest absolute Gasteiger partial charge is 0.294 e. The molecule has 0 aliphatic carbocycles. The van der Waals surface area contributed by atoms with Gasteiger partial charge in [-0.1, -0.05) is 13.3 Å². The summed E-state index contributed by atoms with van der Waals surface area (Å²) in [6, 6.07) is 0.457. The topological polar surface area (TPSA) is 16.1 Å². The molecule has 2 unspecified atom stereocenters. The van der Waals surface area contributed by atoms with Crippen molar-refractivity contribution in [3.63, 3.8) is 0 Å². The maximum Gasteiger partial charge on any atom is 0.110 e. The monoisotopic (exact) mass is 258 g/mol. The van der Waals surface area contributed by atoms with Crippen LogP contribution in [0.1, 0.15) is 43.4 Å². The van der Waals surface area contributed by atoms with Crippen molar-refractivity contribution in [3.8, 4) is 0 Å². The maximum absolute atomic E-state index is 5.78. The average molecular weight is 259 g/mol. The number of thiazole rings is 1. The van der Waals surface area contributed by atoms with Gasteiger partial charge >= 0.3 is 0 Å². The Morgan fingerprint density at radius 1 is 1.69 bits per heavy atom. The van der Waals surface area contributed by atoms with E-state index >= 15 is 0 Å². The molecule has 2 heterocycles. The van der Waals surface area contributed by atoms with E-state index in [9.17, 15) is 0 Å². The smallest absolute Gasteiger partial charge is 0.110 e. The van der Waals surface area contributed by atoms with Crippen molar-refractivity contribution in [1.29, 1.82) is 0 Å². The van der Waals surface area contributed by atoms with Crippen LogP contribution in [0.4, 0.5) is 0 Å². The molecule has 0 bridgehead atoms. The number of hydrogen-bond donors (Lipinski definition) is 0. The molecule has 16 heavy (non-hydrogen) atoms. The Balaban J connectivity index is 1.99. The fourth-order valence-electron chi connectivity index (χ4n) is 2.28. The van der Waals surface area contributed by atoms with E-state index in [4.69, 9.17) is 11.6 Å². The van der Waals surface area contributed by atoms with Crippen LogP contribution in [0.5, 0.6) is 0 Å². The molecule has 0 saturated carbocycles. The number of likely N-dealkylation sites (tertiary alicyclic amines) is 1. The highest BCUT2D eigenvalue weighted by Gasteiger charge is 2.26. The molecule has 1 aliphatic rings. The lowest BCUT2D eigenvalue weighted by atomic mass is 10.1. The summed E-state index contributed by atoms with van der Waals surface area (Å²) in [5, 5.41) is 3.29.